The highest BCUT2D eigenvalue weighted by molar-refractivity contribution is 6.06. The first kappa shape index (κ1) is 17.0. The van der Waals surface area contributed by atoms with Gasteiger partial charge in [0.15, 0.2) is 0 Å². The molecule has 2 rings (SSSR count). The molecule has 2 aromatic rings. The quantitative estimate of drug-likeness (QED) is 0.777. The second-order valence-electron chi connectivity index (χ2n) is 5.60. The van der Waals surface area contributed by atoms with Crippen LogP contribution in [0.25, 0.3) is 0 Å². The molecule has 23 heavy (non-hydrogen) atoms. The zero-order valence-electron chi connectivity index (χ0n) is 14.2. The monoisotopic (exact) mass is 311 g/mol. The first-order chi connectivity index (χ1) is 11.2. The summed E-state index contributed by atoms with van der Waals surface area (Å²) in [6.45, 7) is 7.67. The van der Waals surface area contributed by atoms with Gasteiger partial charge in [0.05, 0.1) is 0 Å². The minimum Gasteiger partial charge on any atom is -0.370 e. The Kier molecular flexibility index (Phi) is 6.15. The van der Waals surface area contributed by atoms with Crippen molar-refractivity contribution in [1.29, 1.82) is 0 Å². The van der Waals surface area contributed by atoms with Crippen molar-refractivity contribution in [2.45, 2.75) is 33.6 Å². The fourth-order valence-corrected chi connectivity index (χ4v) is 2.45. The number of amides is 1. The van der Waals surface area contributed by atoms with Crippen LogP contribution < -0.4 is 10.2 Å². The molecule has 0 saturated heterocycles. The SMILES string of the molecule is CCCCNc1cc(C(=O)N(CC)c2cccc(C)c2)ccn1. The third-order valence-corrected chi connectivity index (χ3v) is 3.72. The largest absolute Gasteiger partial charge is 0.370 e. The molecule has 4 heteroatoms. The van der Waals surface area contributed by atoms with Gasteiger partial charge in [-0.1, -0.05) is 25.5 Å². The lowest BCUT2D eigenvalue weighted by atomic mass is 10.1. The maximum atomic E-state index is 12.8. The van der Waals surface area contributed by atoms with E-state index >= 15 is 0 Å². The number of nitrogens with zero attached hydrogens (tertiary/aromatic N) is 2. The Labute approximate surface area is 138 Å². The van der Waals surface area contributed by atoms with E-state index in [0.29, 0.717) is 12.1 Å². The van der Waals surface area contributed by atoms with E-state index < -0.39 is 0 Å². The lowest BCUT2D eigenvalue weighted by Gasteiger charge is -2.21. The van der Waals surface area contributed by atoms with E-state index in [2.05, 4.69) is 17.2 Å². The van der Waals surface area contributed by atoms with Crippen LogP contribution in [0.2, 0.25) is 0 Å². The summed E-state index contributed by atoms with van der Waals surface area (Å²) in [5.74, 6) is 0.753. The molecule has 0 aliphatic carbocycles. The van der Waals surface area contributed by atoms with Crippen molar-refractivity contribution >= 4 is 17.4 Å². The van der Waals surface area contributed by atoms with Crippen LogP contribution in [0.3, 0.4) is 0 Å². The summed E-state index contributed by atoms with van der Waals surface area (Å²) in [7, 11) is 0. The van der Waals surface area contributed by atoms with Crippen molar-refractivity contribution < 1.29 is 4.79 Å². The average Bonchev–Trinajstić information content (AvgIpc) is 2.56. The molecule has 1 aromatic heterocycles. The van der Waals surface area contributed by atoms with Gasteiger partial charge in [0.25, 0.3) is 5.91 Å². The molecule has 0 atom stereocenters. The lowest BCUT2D eigenvalue weighted by molar-refractivity contribution is 0.0988. The number of nitrogens with one attached hydrogen (secondary N) is 1. The summed E-state index contributed by atoms with van der Waals surface area (Å²) in [5, 5.41) is 3.26. The highest BCUT2D eigenvalue weighted by atomic mass is 16.2. The van der Waals surface area contributed by atoms with E-state index in [1.54, 1.807) is 17.2 Å². The lowest BCUT2D eigenvalue weighted by Crippen LogP contribution is -2.30. The highest BCUT2D eigenvalue weighted by Crippen LogP contribution is 2.19. The molecule has 1 heterocycles. The summed E-state index contributed by atoms with van der Waals surface area (Å²) in [6.07, 6.45) is 3.90. The van der Waals surface area contributed by atoms with Crippen LogP contribution in [-0.2, 0) is 0 Å². The van der Waals surface area contributed by atoms with Crippen LogP contribution in [0.15, 0.2) is 42.6 Å². The molecule has 122 valence electrons. The van der Waals surface area contributed by atoms with Crippen LogP contribution in [0.5, 0.6) is 0 Å². The number of rotatable bonds is 7. The second kappa shape index (κ2) is 8.32. The second-order valence-corrected chi connectivity index (χ2v) is 5.60. The fourth-order valence-electron chi connectivity index (χ4n) is 2.45. The van der Waals surface area contributed by atoms with Crippen molar-refractivity contribution in [2.24, 2.45) is 0 Å². The van der Waals surface area contributed by atoms with Gasteiger partial charge >= 0.3 is 0 Å². The van der Waals surface area contributed by atoms with Gasteiger partial charge in [0.2, 0.25) is 0 Å². The number of benzene rings is 1. The molecule has 0 bridgehead atoms. The number of hydrogen-bond donors (Lipinski definition) is 1. The van der Waals surface area contributed by atoms with E-state index in [1.807, 2.05) is 44.2 Å². The third-order valence-electron chi connectivity index (χ3n) is 3.72. The van der Waals surface area contributed by atoms with E-state index in [1.165, 1.54) is 0 Å². The van der Waals surface area contributed by atoms with Gasteiger partial charge in [-0.2, -0.15) is 0 Å². The number of hydrogen-bond acceptors (Lipinski definition) is 3. The summed E-state index contributed by atoms with van der Waals surface area (Å²) < 4.78 is 0. The highest BCUT2D eigenvalue weighted by Gasteiger charge is 2.16. The third kappa shape index (κ3) is 4.55. The molecule has 0 spiro atoms. The standard InChI is InChI=1S/C19H25N3O/c1-4-6-11-20-18-14-16(10-12-21-18)19(23)22(5-2)17-9-7-8-15(3)13-17/h7-10,12-14H,4-6,11H2,1-3H3,(H,20,21). The summed E-state index contributed by atoms with van der Waals surface area (Å²) in [4.78, 5) is 18.9. The van der Waals surface area contributed by atoms with Gasteiger partial charge < -0.3 is 10.2 Å². The topological polar surface area (TPSA) is 45.2 Å². The molecule has 1 N–H and O–H groups in total. The van der Waals surface area contributed by atoms with Crippen LogP contribution in [-0.4, -0.2) is 24.0 Å². The zero-order valence-corrected chi connectivity index (χ0v) is 14.2. The number of aromatic nitrogens is 1. The molecule has 0 saturated carbocycles. The summed E-state index contributed by atoms with van der Waals surface area (Å²) >= 11 is 0. The predicted octanol–water partition coefficient (Wildman–Crippen LogP) is 4.27. The maximum absolute atomic E-state index is 12.8. The van der Waals surface area contributed by atoms with Crippen molar-refractivity contribution in [2.75, 3.05) is 23.3 Å². The molecule has 0 unspecified atom stereocenters. The van der Waals surface area contributed by atoms with Crippen molar-refractivity contribution in [3.8, 4) is 0 Å². The first-order valence-corrected chi connectivity index (χ1v) is 8.24. The fraction of sp³-hybridized carbons (Fsp3) is 0.368. The van der Waals surface area contributed by atoms with E-state index in [0.717, 1.165) is 36.5 Å². The number of carbonyl (C=O) groups is 1. The van der Waals surface area contributed by atoms with Gasteiger partial charge in [-0.3, -0.25) is 4.79 Å². The van der Waals surface area contributed by atoms with Crippen LogP contribution >= 0.6 is 0 Å². The van der Waals surface area contributed by atoms with Gasteiger partial charge in [0.1, 0.15) is 5.82 Å². The maximum Gasteiger partial charge on any atom is 0.258 e. The van der Waals surface area contributed by atoms with Crippen LogP contribution in [0.1, 0.15) is 42.6 Å². The van der Waals surface area contributed by atoms with Crippen molar-refractivity contribution in [1.82, 2.24) is 4.98 Å². The molecule has 4 nitrogen and oxygen atoms in total. The normalized spacial score (nSPS) is 10.4. The van der Waals surface area contributed by atoms with E-state index in [4.69, 9.17) is 0 Å². The smallest absolute Gasteiger partial charge is 0.258 e. The van der Waals surface area contributed by atoms with E-state index in [9.17, 15) is 4.79 Å². The van der Waals surface area contributed by atoms with Gasteiger partial charge in [-0.05, 0) is 50.1 Å². The molecule has 0 fully saturated rings. The minimum atomic E-state index is -0.000887. The Morgan fingerprint density at radius 2 is 2.04 bits per heavy atom. The average molecular weight is 311 g/mol. The Hall–Kier alpha value is -2.36. The Bertz CT molecular complexity index is 655. The molecule has 0 aliphatic heterocycles. The first-order valence-electron chi connectivity index (χ1n) is 8.24. The van der Waals surface area contributed by atoms with Crippen molar-refractivity contribution in [3.05, 3.63) is 53.7 Å². The van der Waals surface area contributed by atoms with Crippen molar-refractivity contribution in [3.63, 3.8) is 0 Å². The predicted molar refractivity (Wildman–Crippen MR) is 96.2 cm³/mol. The number of carbonyl (C=O) groups excluding carboxylic acids is 1. The number of anilines is 2. The zero-order chi connectivity index (χ0) is 16.7. The number of pyridine rings is 1. The molecule has 0 radical (unpaired) electrons. The molecule has 0 aliphatic rings. The number of unbranched alkanes of at least 4 members (excludes halogenated alkanes) is 1. The Morgan fingerprint density at radius 3 is 2.74 bits per heavy atom. The van der Waals surface area contributed by atoms with Gasteiger partial charge in [0, 0.05) is 30.5 Å². The molecular weight excluding hydrogens is 286 g/mol. The van der Waals surface area contributed by atoms with Crippen LogP contribution in [0, 0.1) is 6.92 Å². The van der Waals surface area contributed by atoms with E-state index in [-0.39, 0.29) is 5.91 Å². The molecular formula is C19H25N3O. The Balaban J connectivity index is 2.19. The summed E-state index contributed by atoms with van der Waals surface area (Å²) in [6, 6.07) is 11.6. The summed E-state index contributed by atoms with van der Waals surface area (Å²) in [5.41, 5.74) is 2.72. The molecule has 1 aromatic carbocycles. The molecule has 1 amide bonds. The van der Waals surface area contributed by atoms with Crippen LogP contribution in [0.4, 0.5) is 11.5 Å². The van der Waals surface area contributed by atoms with Gasteiger partial charge in [-0.25, -0.2) is 4.98 Å². The number of aryl methyl sites for hydroxylation is 1. The Morgan fingerprint density at radius 1 is 1.22 bits per heavy atom. The van der Waals surface area contributed by atoms with Gasteiger partial charge in [-0.15, -0.1) is 0 Å². The minimum absolute atomic E-state index is 0.000887.